The zero-order chi connectivity index (χ0) is 12.2. The topological polar surface area (TPSA) is 0 Å². The Morgan fingerprint density at radius 3 is 2.69 bits per heavy atom. The third-order valence-corrected chi connectivity index (χ3v) is 4.60. The van der Waals surface area contributed by atoms with Gasteiger partial charge in [0.25, 0.3) is 0 Å². The fourth-order valence-corrected chi connectivity index (χ4v) is 2.62. The molecule has 1 aromatic carbocycles. The second-order valence-corrected chi connectivity index (χ2v) is 5.52. The third kappa shape index (κ3) is 3.46. The van der Waals surface area contributed by atoms with Gasteiger partial charge in [-0.05, 0) is 29.9 Å². The normalized spacial score (nSPS) is 14.8. The van der Waals surface area contributed by atoms with E-state index in [1.54, 1.807) is 6.07 Å². The quantitative estimate of drug-likeness (QED) is 0.654. The molecule has 0 radical (unpaired) electrons. The molecule has 0 aliphatic heterocycles. The van der Waals surface area contributed by atoms with Crippen molar-refractivity contribution in [3.05, 3.63) is 34.6 Å². The predicted molar refractivity (Wildman–Crippen MR) is 71.9 cm³/mol. The lowest BCUT2D eigenvalue weighted by Gasteiger charge is -2.27. The Kier molecular flexibility index (Phi) is 5.26. The van der Waals surface area contributed by atoms with Gasteiger partial charge in [0.1, 0.15) is 5.82 Å². The molecule has 16 heavy (non-hydrogen) atoms. The van der Waals surface area contributed by atoms with Gasteiger partial charge in [-0.25, -0.2) is 4.39 Å². The van der Waals surface area contributed by atoms with Gasteiger partial charge in [0, 0.05) is 5.33 Å². The summed E-state index contributed by atoms with van der Waals surface area (Å²) in [6.07, 6.45) is 3.03. The van der Waals surface area contributed by atoms with Gasteiger partial charge >= 0.3 is 0 Å². The monoisotopic (exact) mass is 306 g/mol. The van der Waals surface area contributed by atoms with Gasteiger partial charge in [0.2, 0.25) is 0 Å². The molecule has 0 fully saturated rings. The lowest BCUT2D eigenvalue weighted by molar-refractivity contribution is 0.340. The molecule has 0 aliphatic carbocycles. The highest BCUT2D eigenvalue weighted by atomic mass is 79.9. The molecule has 0 heterocycles. The molecule has 0 N–H and O–H groups in total. The van der Waals surface area contributed by atoms with Crippen molar-refractivity contribution in [1.29, 1.82) is 0 Å². The minimum Gasteiger partial charge on any atom is -0.205 e. The number of halogens is 3. The van der Waals surface area contributed by atoms with Gasteiger partial charge in [-0.3, -0.25) is 0 Å². The highest BCUT2D eigenvalue weighted by molar-refractivity contribution is 9.09. The van der Waals surface area contributed by atoms with Crippen LogP contribution in [0.25, 0.3) is 0 Å². The highest BCUT2D eigenvalue weighted by Crippen LogP contribution is 2.33. The molecule has 1 atom stereocenters. The van der Waals surface area contributed by atoms with E-state index in [0.717, 1.165) is 30.2 Å². The summed E-state index contributed by atoms with van der Waals surface area (Å²) in [5, 5.41) is 1.17. The standard InChI is InChI=1S/C13H17BrClF/c1-3-7-13(2,9-14)8-10-5-4-6-11(16)12(10)15/h4-6H,3,7-9H2,1-2H3. The maximum Gasteiger partial charge on any atom is 0.142 e. The average Bonchev–Trinajstić information content (AvgIpc) is 2.25. The van der Waals surface area contributed by atoms with Crippen LogP contribution in [0.4, 0.5) is 4.39 Å². The summed E-state index contributed by atoms with van der Waals surface area (Å²) < 4.78 is 13.3. The van der Waals surface area contributed by atoms with Crippen molar-refractivity contribution in [2.45, 2.75) is 33.1 Å². The zero-order valence-electron chi connectivity index (χ0n) is 9.69. The van der Waals surface area contributed by atoms with E-state index < -0.39 is 0 Å². The summed E-state index contributed by atoms with van der Waals surface area (Å²) in [4.78, 5) is 0. The largest absolute Gasteiger partial charge is 0.205 e. The molecule has 0 aliphatic rings. The van der Waals surface area contributed by atoms with Crippen molar-refractivity contribution < 1.29 is 4.39 Å². The second kappa shape index (κ2) is 6.02. The molecule has 0 nitrogen and oxygen atoms in total. The average molecular weight is 308 g/mol. The van der Waals surface area contributed by atoms with E-state index in [4.69, 9.17) is 11.6 Å². The van der Waals surface area contributed by atoms with Gasteiger partial charge in [-0.15, -0.1) is 0 Å². The Morgan fingerprint density at radius 1 is 1.44 bits per heavy atom. The van der Waals surface area contributed by atoms with E-state index in [1.807, 2.05) is 6.07 Å². The van der Waals surface area contributed by atoms with Crippen LogP contribution < -0.4 is 0 Å². The first-order valence-corrected chi connectivity index (χ1v) is 7.01. The van der Waals surface area contributed by atoms with E-state index in [1.165, 1.54) is 6.07 Å². The maximum absolute atomic E-state index is 13.3. The highest BCUT2D eigenvalue weighted by Gasteiger charge is 2.24. The van der Waals surface area contributed by atoms with Crippen LogP contribution in [0.1, 0.15) is 32.3 Å². The van der Waals surface area contributed by atoms with Crippen molar-refractivity contribution >= 4 is 27.5 Å². The summed E-state index contributed by atoms with van der Waals surface area (Å²) in [5.74, 6) is -0.326. The SMILES string of the molecule is CCCC(C)(CBr)Cc1cccc(F)c1Cl. The Bertz CT molecular complexity index is 354. The first-order chi connectivity index (χ1) is 7.52. The lowest BCUT2D eigenvalue weighted by atomic mass is 9.82. The van der Waals surface area contributed by atoms with Crippen LogP contribution >= 0.6 is 27.5 Å². The molecule has 1 aromatic rings. The van der Waals surface area contributed by atoms with Crippen molar-refractivity contribution in [3.63, 3.8) is 0 Å². The Hall–Kier alpha value is -0.0800. The fraction of sp³-hybridized carbons (Fsp3) is 0.538. The smallest absolute Gasteiger partial charge is 0.142 e. The van der Waals surface area contributed by atoms with Crippen LogP contribution in [0.5, 0.6) is 0 Å². The number of benzene rings is 1. The molecular weight excluding hydrogens is 290 g/mol. The van der Waals surface area contributed by atoms with Crippen LogP contribution in [0.3, 0.4) is 0 Å². The summed E-state index contributed by atoms with van der Waals surface area (Å²) in [5.41, 5.74) is 1.05. The van der Waals surface area contributed by atoms with E-state index in [2.05, 4.69) is 29.8 Å². The Labute approximate surface area is 110 Å². The van der Waals surface area contributed by atoms with Gasteiger partial charge < -0.3 is 0 Å². The minimum absolute atomic E-state index is 0.145. The van der Waals surface area contributed by atoms with E-state index in [-0.39, 0.29) is 16.3 Å². The van der Waals surface area contributed by atoms with Crippen LogP contribution in [0.2, 0.25) is 5.02 Å². The second-order valence-electron chi connectivity index (χ2n) is 4.58. The molecule has 3 heteroatoms. The summed E-state index contributed by atoms with van der Waals surface area (Å²) in [6, 6.07) is 5.02. The Morgan fingerprint density at radius 2 is 2.12 bits per heavy atom. The molecule has 0 saturated heterocycles. The van der Waals surface area contributed by atoms with Gasteiger partial charge in [-0.2, -0.15) is 0 Å². The number of alkyl halides is 1. The summed E-state index contributed by atoms with van der Waals surface area (Å²) in [6.45, 7) is 4.36. The number of hydrogen-bond acceptors (Lipinski definition) is 0. The maximum atomic E-state index is 13.3. The third-order valence-electron chi connectivity index (χ3n) is 2.82. The molecule has 90 valence electrons. The molecule has 0 aromatic heterocycles. The van der Waals surface area contributed by atoms with Crippen LogP contribution in [0.15, 0.2) is 18.2 Å². The number of hydrogen-bond donors (Lipinski definition) is 0. The van der Waals surface area contributed by atoms with E-state index in [9.17, 15) is 4.39 Å². The van der Waals surface area contributed by atoms with E-state index >= 15 is 0 Å². The van der Waals surface area contributed by atoms with Gasteiger partial charge in [-0.1, -0.05) is 59.9 Å². The first-order valence-electron chi connectivity index (χ1n) is 5.51. The fourth-order valence-electron chi connectivity index (χ4n) is 1.95. The summed E-state index contributed by atoms with van der Waals surface area (Å²) >= 11 is 9.50. The number of rotatable bonds is 5. The van der Waals surface area contributed by atoms with E-state index in [0.29, 0.717) is 0 Å². The molecule has 0 bridgehead atoms. The predicted octanol–water partition coefficient (Wildman–Crippen LogP) is 5.22. The zero-order valence-corrected chi connectivity index (χ0v) is 12.0. The summed E-state index contributed by atoms with van der Waals surface area (Å²) in [7, 11) is 0. The Balaban J connectivity index is 2.90. The first kappa shape index (κ1) is 14.0. The molecule has 0 spiro atoms. The van der Waals surface area contributed by atoms with Gasteiger partial charge in [0.15, 0.2) is 0 Å². The van der Waals surface area contributed by atoms with Crippen molar-refractivity contribution in [1.82, 2.24) is 0 Å². The minimum atomic E-state index is -0.326. The molecular formula is C13H17BrClF. The molecule has 0 saturated carbocycles. The lowest BCUT2D eigenvalue weighted by Crippen LogP contribution is -2.21. The van der Waals surface area contributed by atoms with Crippen molar-refractivity contribution in [2.75, 3.05) is 5.33 Å². The molecule has 0 amide bonds. The van der Waals surface area contributed by atoms with Crippen LogP contribution in [-0.2, 0) is 6.42 Å². The van der Waals surface area contributed by atoms with Crippen molar-refractivity contribution in [3.8, 4) is 0 Å². The molecule has 1 rings (SSSR count). The van der Waals surface area contributed by atoms with Crippen LogP contribution in [0, 0.1) is 11.2 Å². The van der Waals surface area contributed by atoms with Gasteiger partial charge in [0.05, 0.1) is 5.02 Å². The molecule has 1 unspecified atom stereocenters. The van der Waals surface area contributed by atoms with Crippen LogP contribution in [-0.4, -0.2) is 5.33 Å². The van der Waals surface area contributed by atoms with Crippen molar-refractivity contribution in [2.24, 2.45) is 5.41 Å².